The minimum absolute atomic E-state index is 0.230. The zero-order valence-electron chi connectivity index (χ0n) is 16.5. The van der Waals surface area contributed by atoms with E-state index in [0.717, 1.165) is 0 Å². The summed E-state index contributed by atoms with van der Waals surface area (Å²) in [4.78, 5) is 11.3. The van der Waals surface area contributed by atoms with E-state index in [-0.39, 0.29) is 10.6 Å². The van der Waals surface area contributed by atoms with E-state index in [4.69, 9.17) is 0 Å². The molecule has 0 radical (unpaired) electrons. The van der Waals surface area contributed by atoms with Crippen LogP contribution in [-0.4, -0.2) is 4.92 Å². The molecule has 0 saturated heterocycles. The van der Waals surface area contributed by atoms with Gasteiger partial charge in [0, 0.05) is 12.1 Å². The number of nitrogens with zero attached hydrogens (tertiary/aromatic N) is 1. The molecule has 7 rings (SSSR count). The van der Waals surface area contributed by atoms with Crippen molar-refractivity contribution in [2.24, 2.45) is 17.8 Å². The molecular weight excluding hydrogens is 370 g/mol. The number of hydrogen-bond donors (Lipinski definition) is 0. The first-order valence-electron chi connectivity index (χ1n) is 10.9. The Labute approximate surface area is 175 Å². The fraction of sp³-hybridized carbons (Fsp3) is 0.259. The third-order valence-electron chi connectivity index (χ3n) is 8.10. The van der Waals surface area contributed by atoms with Gasteiger partial charge in [-0.1, -0.05) is 48.5 Å². The van der Waals surface area contributed by atoms with Crippen LogP contribution in [0.2, 0.25) is 0 Å². The Morgan fingerprint density at radius 1 is 0.733 bits per heavy atom. The van der Waals surface area contributed by atoms with Crippen molar-refractivity contribution in [3.63, 3.8) is 0 Å². The third kappa shape index (κ3) is 1.95. The lowest BCUT2D eigenvalue weighted by molar-refractivity contribution is -0.384. The van der Waals surface area contributed by atoms with Crippen LogP contribution in [0.3, 0.4) is 0 Å². The van der Waals surface area contributed by atoms with E-state index in [1.165, 1.54) is 63.8 Å². The molecule has 0 heterocycles. The quantitative estimate of drug-likeness (QED) is 0.268. The van der Waals surface area contributed by atoms with Crippen molar-refractivity contribution in [1.82, 2.24) is 0 Å². The third-order valence-corrected chi connectivity index (χ3v) is 8.10. The van der Waals surface area contributed by atoms with Crippen LogP contribution in [-0.2, 0) is 0 Å². The number of rotatable bonds is 1. The molecule has 4 atom stereocenters. The van der Waals surface area contributed by atoms with Crippen molar-refractivity contribution in [2.45, 2.75) is 25.2 Å². The van der Waals surface area contributed by atoms with Gasteiger partial charge in [-0.15, -0.1) is 0 Å². The fourth-order valence-electron chi connectivity index (χ4n) is 7.13. The highest BCUT2D eigenvalue weighted by Crippen LogP contribution is 2.67. The highest BCUT2D eigenvalue weighted by atomic mass is 16.6. The van der Waals surface area contributed by atoms with Crippen molar-refractivity contribution in [1.29, 1.82) is 0 Å². The Bertz CT molecular complexity index is 1240. The molecule has 4 aliphatic rings. The average molecular weight is 391 g/mol. The maximum atomic E-state index is 11.5. The van der Waals surface area contributed by atoms with Gasteiger partial charge in [0.25, 0.3) is 5.69 Å². The van der Waals surface area contributed by atoms with Crippen LogP contribution in [0.1, 0.15) is 47.4 Å². The Morgan fingerprint density at radius 3 is 1.97 bits per heavy atom. The first-order chi connectivity index (χ1) is 14.7. The Balaban J connectivity index is 1.58. The molecule has 146 valence electrons. The van der Waals surface area contributed by atoms with Gasteiger partial charge >= 0.3 is 0 Å². The molecule has 0 aliphatic heterocycles. The Kier molecular flexibility index (Phi) is 3.15. The van der Waals surface area contributed by atoms with Crippen LogP contribution in [0.5, 0.6) is 0 Å². The number of benzene rings is 3. The zero-order valence-corrected chi connectivity index (χ0v) is 16.5. The lowest BCUT2D eigenvalue weighted by atomic mass is 9.76. The van der Waals surface area contributed by atoms with Gasteiger partial charge in [0.05, 0.1) is 4.92 Å². The van der Waals surface area contributed by atoms with E-state index in [9.17, 15) is 10.1 Å². The monoisotopic (exact) mass is 391 g/mol. The van der Waals surface area contributed by atoms with Gasteiger partial charge in [0.15, 0.2) is 0 Å². The van der Waals surface area contributed by atoms with E-state index in [2.05, 4.69) is 48.5 Å². The number of non-ortho nitro benzene ring substituents is 1. The predicted octanol–water partition coefficient (Wildman–Crippen LogP) is 6.68. The van der Waals surface area contributed by atoms with Crippen LogP contribution in [0, 0.1) is 27.9 Å². The van der Waals surface area contributed by atoms with Crippen LogP contribution < -0.4 is 0 Å². The molecule has 2 fully saturated rings. The molecule has 2 bridgehead atoms. The van der Waals surface area contributed by atoms with Gasteiger partial charge in [-0.3, -0.25) is 10.1 Å². The van der Waals surface area contributed by atoms with E-state index in [1.54, 1.807) is 6.07 Å². The van der Waals surface area contributed by atoms with Gasteiger partial charge in [0.2, 0.25) is 0 Å². The fourth-order valence-corrected chi connectivity index (χ4v) is 7.13. The maximum absolute atomic E-state index is 11.5. The molecule has 3 heteroatoms. The first-order valence-corrected chi connectivity index (χ1v) is 10.9. The van der Waals surface area contributed by atoms with Crippen LogP contribution in [0.25, 0.3) is 22.3 Å². The first kappa shape index (κ1) is 16.6. The summed E-state index contributed by atoms with van der Waals surface area (Å²) in [5.41, 5.74) is 10.8. The smallest absolute Gasteiger partial charge is 0.258 e. The molecule has 0 amide bonds. The van der Waals surface area contributed by atoms with Crippen molar-refractivity contribution in [2.75, 3.05) is 0 Å². The van der Waals surface area contributed by atoms with Gasteiger partial charge in [-0.25, -0.2) is 0 Å². The largest absolute Gasteiger partial charge is 0.269 e. The highest BCUT2D eigenvalue weighted by Gasteiger charge is 2.55. The minimum atomic E-state index is -0.242. The topological polar surface area (TPSA) is 43.1 Å². The Morgan fingerprint density at radius 2 is 1.33 bits per heavy atom. The van der Waals surface area contributed by atoms with Gasteiger partial charge < -0.3 is 0 Å². The number of fused-ring (bicyclic) bond motifs is 10. The number of nitro benzene ring substituents is 1. The highest BCUT2D eigenvalue weighted by molar-refractivity contribution is 6.12. The summed E-state index contributed by atoms with van der Waals surface area (Å²) in [6, 6.07) is 23.1. The molecule has 0 N–H and O–H groups in total. The van der Waals surface area contributed by atoms with Crippen molar-refractivity contribution >= 4 is 16.8 Å². The average Bonchev–Trinajstić information content (AvgIpc) is 3.52. The van der Waals surface area contributed by atoms with Crippen LogP contribution in [0.4, 0.5) is 5.69 Å². The summed E-state index contributed by atoms with van der Waals surface area (Å²) in [6.07, 6.45) is 3.84. The van der Waals surface area contributed by atoms with E-state index in [0.29, 0.717) is 23.7 Å². The molecule has 3 nitrogen and oxygen atoms in total. The van der Waals surface area contributed by atoms with Crippen LogP contribution in [0.15, 0.2) is 66.7 Å². The summed E-state index contributed by atoms with van der Waals surface area (Å²) in [5, 5.41) is 11.5. The summed E-state index contributed by atoms with van der Waals surface area (Å²) >= 11 is 0. The van der Waals surface area contributed by atoms with Gasteiger partial charge in [0.1, 0.15) is 0 Å². The molecule has 4 aliphatic carbocycles. The number of nitro groups is 1. The molecule has 2 saturated carbocycles. The maximum Gasteiger partial charge on any atom is 0.269 e. The lowest BCUT2D eigenvalue weighted by Gasteiger charge is -2.27. The second-order valence-corrected chi connectivity index (χ2v) is 9.29. The molecule has 0 aromatic heterocycles. The van der Waals surface area contributed by atoms with Crippen molar-refractivity contribution < 1.29 is 4.92 Å². The van der Waals surface area contributed by atoms with Gasteiger partial charge in [-0.05, 0) is 93.5 Å². The van der Waals surface area contributed by atoms with Crippen molar-refractivity contribution in [3.05, 3.63) is 99.1 Å². The molecular formula is C27H21NO2. The van der Waals surface area contributed by atoms with Crippen molar-refractivity contribution in [3.8, 4) is 11.1 Å². The summed E-state index contributed by atoms with van der Waals surface area (Å²) in [5.74, 6) is 2.32. The normalized spacial score (nSPS) is 27.1. The number of allylic oxidation sites excluding steroid dienone is 1. The SMILES string of the molecule is O=[N+]([O-])c1ccc2c(c1)C1C(C2=C2c3ccccc3-c3ccccc32)[C@H]2CC[C@@H]1C2. The summed E-state index contributed by atoms with van der Waals surface area (Å²) in [6.45, 7) is 0. The molecule has 3 aromatic rings. The minimum Gasteiger partial charge on any atom is -0.258 e. The second kappa shape index (κ2) is 5.69. The van der Waals surface area contributed by atoms with Gasteiger partial charge in [-0.2, -0.15) is 0 Å². The zero-order chi connectivity index (χ0) is 20.0. The van der Waals surface area contributed by atoms with E-state index in [1.807, 2.05) is 12.1 Å². The van der Waals surface area contributed by atoms with E-state index < -0.39 is 0 Å². The van der Waals surface area contributed by atoms with E-state index >= 15 is 0 Å². The number of hydrogen-bond acceptors (Lipinski definition) is 2. The second-order valence-electron chi connectivity index (χ2n) is 9.29. The Hall–Kier alpha value is -3.20. The molecule has 3 aromatic carbocycles. The standard InChI is InChI=1S/C27H21NO2/c29-28(30)17-11-12-22-23(14-17)24-15-9-10-16(13-15)25(24)27(22)26-20-7-3-1-5-18(20)19-6-2-4-8-21(19)26/h1-8,11-12,14-16,24-25H,9-10,13H2/t15-,16+,24?,25?/m1/s1. The summed E-state index contributed by atoms with van der Waals surface area (Å²) < 4.78 is 0. The summed E-state index contributed by atoms with van der Waals surface area (Å²) in [7, 11) is 0. The van der Waals surface area contributed by atoms with Crippen LogP contribution >= 0.6 is 0 Å². The molecule has 30 heavy (non-hydrogen) atoms. The molecule has 0 spiro atoms. The molecule has 2 unspecified atom stereocenters. The lowest BCUT2D eigenvalue weighted by Crippen LogP contribution is -2.16. The predicted molar refractivity (Wildman–Crippen MR) is 118 cm³/mol.